The number of ether oxygens (including phenoxy) is 1. The van der Waals surface area contributed by atoms with Gasteiger partial charge >= 0.3 is 0 Å². The first kappa shape index (κ1) is 20.3. The zero-order valence-corrected chi connectivity index (χ0v) is 17.0. The van der Waals surface area contributed by atoms with Crippen molar-refractivity contribution in [1.29, 1.82) is 0 Å². The van der Waals surface area contributed by atoms with Crippen LogP contribution in [0.2, 0.25) is 0 Å². The first-order valence-electron chi connectivity index (χ1n) is 9.38. The molecule has 1 unspecified atom stereocenters. The minimum Gasteiger partial charge on any atom is -0.494 e. The lowest BCUT2D eigenvalue weighted by Gasteiger charge is -2.30. The summed E-state index contributed by atoms with van der Waals surface area (Å²) in [5, 5.41) is 2.94. The molecule has 9 heteroatoms. The van der Waals surface area contributed by atoms with E-state index in [1.54, 1.807) is 11.6 Å². The van der Waals surface area contributed by atoms with Gasteiger partial charge in [-0.1, -0.05) is 18.2 Å². The van der Waals surface area contributed by atoms with Gasteiger partial charge in [0.2, 0.25) is 5.91 Å². The van der Waals surface area contributed by atoms with Crippen LogP contribution in [0.1, 0.15) is 25.3 Å². The van der Waals surface area contributed by atoms with E-state index in [1.807, 2.05) is 31.2 Å². The molecule has 0 bridgehead atoms. The highest BCUT2D eigenvalue weighted by Crippen LogP contribution is 2.23. The van der Waals surface area contributed by atoms with Crippen LogP contribution in [0.4, 0.5) is 0 Å². The van der Waals surface area contributed by atoms with Crippen molar-refractivity contribution in [1.82, 2.24) is 19.2 Å². The maximum Gasteiger partial charge on any atom is 0.262 e. The van der Waals surface area contributed by atoms with Crippen LogP contribution in [0.25, 0.3) is 0 Å². The molecule has 1 N–H and O–H groups in total. The summed E-state index contributed by atoms with van der Waals surface area (Å²) in [4.78, 5) is 16.6. The molecule has 0 radical (unpaired) electrons. The second-order valence-corrected chi connectivity index (χ2v) is 8.72. The fourth-order valence-corrected chi connectivity index (χ4v) is 4.79. The molecule has 8 nitrogen and oxygen atoms in total. The molecular formula is C19H26N4O4S. The largest absolute Gasteiger partial charge is 0.494 e. The standard InChI is InChI=1S/C19H26N4O4S/c1-3-27-17-9-5-4-7-15(17)11-20-19(24)16-8-6-10-23(12-16)28(25,26)18-13-22(2)14-21-18/h4-5,7,9,13-14,16H,3,6,8,10-12H2,1-2H3,(H,20,24). The second-order valence-electron chi connectivity index (χ2n) is 6.84. The number of aryl methyl sites for hydroxylation is 1. The number of rotatable bonds is 7. The molecule has 152 valence electrons. The lowest BCUT2D eigenvalue weighted by molar-refractivity contribution is -0.126. The summed E-state index contributed by atoms with van der Waals surface area (Å²) in [6, 6.07) is 7.56. The number of benzene rings is 1. The Hall–Kier alpha value is -2.39. The number of aromatic nitrogens is 2. The van der Waals surface area contributed by atoms with Crippen LogP contribution in [0.3, 0.4) is 0 Å². The summed E-state index contributed by atoms with van der Waals surface area (Å²) in [6.07, 6.45) is 4.23. The van der Waals surface area contributed by atoms with Gasteiger partial charge in [-0.2, -0.15) is 4.31 Å². The lowest BCUT2D eigenvalue weighted by atomic mass is 9.98. The van der Waals surface area contributed by atoms with E-state index in [0.717, 1.165) is 11.3 Å². The Kier molecular flexibility index (Phi) is 6.35. The van der Waals surface area contributed by atoms with Gasteiger partial charge < -0.3 is 14.6 Å². The van der Waals surface area contributed by atoms with Crippen molar-refractivity contribution >= 4 is 15.9 Å². The third-order valence-electron chi connectivity index (χ3n) is 4.77. The third kappa shape index (κ3) is 4.53. The SMILES string of the molecule is CCOc1ccccc1CNC(=O)C1CCCN(S(=O)(=O)c2cn(C)cn2)C1. The minimum absolute atomic E-state index is 0.0155. The minimum atomic E-state index is -3.69. The van der Waals surface area contributed by atoms with Gasteiger partial charge in [-0.25, -0.2) is 13.4 Å². The Labute approximate surface area is 165 Å². The summed E-state index contributed by atoms with van der Waals surface area (Å²) in [5.41, 5.74) is 0.895. The number of hydrogen-bond donors (Lipinski definition) is 1. The molecule has 1 amide bonds. The van der Waals surface area contributed by atoms with Crippen molar-refractivity contribution < 1.29 is 17.9 Å². The highest BCUT2D eigenvalue weighted by molar-refractivity contribution is 7.89. The Bertz CT molecular complexity index is 926. The predicted molar refractivity (Wildman–Crippen MR) is 104 cm³/mol. The first-order valence-corrected chi connectivity index (χ1v) is 10.8. The number of carbonyl (C=O) groups excluding carboxylic acids is 1. The Morgan fingerprint density at radius 1 is 1.36 bits per heavy atom. The van der Waals surface area contributed by atoms with E-state index < -0.39 is 10.0 Å². The number of imidazole rings is 1. The summed E-state index contributed by atoms with van der Waals surface area (Å²) in [7, 11) is -1.97. The second kappa shape index (κ2) is 8.74. The van der Waals surface area contributed by atoms with Crippen molar-refractivity contribution in [3.05, 3.63) is 42.4 Å². The maximum absolute atomic E-state index is 12.8. The predicted octanol–water partition coefficient (Wildman–Crippen LogP) is 1.54. The quantitative estimate of drug-likeness (QED) is 0.753. The molecule has 0 aliphatic carbocycles. The van der Waals surface area contributed by atoms with E-state index in [0.29, 0.717) is 32.5 Å². The number of para-hydroxylation sites is 1. The van der Waals surface area contributed by atoms with E-state index in [1.165, 1.54) is 16.8 Å². The number of piperidine rings is 1. The van der Waals surface area contributed by atoms with E-state index in [2.05, 4.69) is 10.3 Å². The van der Waals surface area contributed by atoms with E-state index >= 15 is 0 Å². The van der Waals surface area contributed by atoms with Crippen LogP contribution in [-0.2, 0) is 28.4 Å². The molecule has 2 heterocycles. The average molecular weight is 407 g/mol. The molecular weight excluding hydrogens is 380 g/mol. The molecule has 3 rings (SSSR count). The van der Waals surface area contributed by atoms with Crippen molar-refractivity contribution in [3.63, 3.8) is 0 Å². The van der Waals surface area contributed by atoms with Crippen LogP contribution < -0.4 is 10.1 Å². The highest BCUT2D eigenvalue weighted by atomic mass is 32.2. The normalized spacial score (nSPS) is 18.0. The number of hydrogen-bond acceptors (Lipinski definition) is 5. The highest BCUT2D eigenvalue weighted by Gasteiger charge is 2.34. The summed E-state index contributed by atoms with van der Waals surface area (Å²) < 4.78 is 34.1. The van der Waals surface area contributed by atoms with Gasteiger partial charge in [-0.3, -0.25) is 4.79 Å². The summed E-state index contributed by atoms with van der Waals surface area (Å²) in [5.74, 6) is 0.215. The summed E-state index contributed by atoms with van der Waals surface area (Å²) >= 11 is 0. The zero-order valence-electron chi connectivity index (χ0n) is 16.2. The molecule has 28 heavy (non-hydrogen) atoms. The van der Waals surface area contributed by atoms with Crippen LogP contribution in [0, 0.1) is 5.92 Å². The van der Waals surface area contributed by atoms with Crippen molar-refractivity contribution in [2.45, 2.75) is 31.3 Å². The number of sulfonamides is 1. The number of nitrogens with one attached hydrogen (secondary N) is 1. The van der Waals surface area contributed by atoms with Crippen molar-refractivity contribution in [2.24, 2.45) is 13.0 Å². The molecule has 1 aliphatic heterocycles. The molecule has 0 spiro atoms. The average Bonchev–Trinajstić information content (AvgIpc) is 3.14. The Morgan fingerprint density at radius 2 is 2.14 bits per heavy atom. The van der Waals surface area contributed by atoms with Gasteiger partial charge in [-0.05, 0) is 25.8 Å². The lowest BCUT2D eigenvalue weighted by Crippen LogP contribution is -2.45. The number of carbonyl (C=O) groups is 1. The van der Waals surface area contributed by atoms with Gasteiger partial charge in [0, 0.05) is 38.4 Å². The van der Waals surface area contributed by atoms with Gasteiger partial charge in [0.15, 0.2) is 5.03 Å². The van der Waals surface area contributed by atoms with Crippen molar-refractivity contribution in [2.75, 3.05) is 19.7 Å². The maximum atomic E-state index is 12.8. The van der Waals surface area contributed by atoms with Gasteiger partial charge in [0.05, 0.1) is 18.9 Å². The molecule has 2 aromatic rings. The zero-order chi connectivity index (χ0) is 20.1. The number of amides is 1. The van der Waals surface area contributed by atoms with Crippen LogP contribution >= 0.6 is 0 Å². The molecule has 1 atom stereocenters. The third-order valence-corrected chi connectivity index (χ3v) is 6.52. The van der Waals surface area contributed by atoms with Crippen LogP contribution in [-0.4, -0.2) is 47.9 Å². The van der Waals surface area contributed by atoms with Gasteiger partial charge in [-0.15, -0.1) is 0 Å². The van der Waals surface area contributed by atoms with E-state index in [4.69, 9.17) is 4.74 Å². The summed E-state index contributed by atoms with van der Waals surface area (Å²) in [6.45, 7) is 3.37. The topological polar surface area (TPSA) is 93.5 Å². The molecule has 1 saturated heterocycles. The molecule has 1 aliphatic rings. The molecule has 1 aromatic heterocycles. The molecule has 1 aromatic carbocycles. The molecule has 1 fully saturated rings. The first-order chi connectivity index (χ1) is 13.4. The smallest absolute Gasteiger partial charge is 0.262 e. The monoisotopic (exact) mass is 406 g/mol. The molecule has 0 saturated carbocycles. The van der Waals surface area contributed by atoms with E-state index in [-0.39, 0.29) is 23.4 Å². The van der Waals surface area contributed by atoms with E-state index in [9.17, 15) is 13.2 Å². The van der Waals surface area contributed by atoms with Gasteiger partial charge in [0.1, 0.15) is 5.75 Å². The Morgan fingerprint density at radius 3 is 2.86 bits per heavy atom. The fourth-order valence-electron chi connectivity index (χ4n) is 3.30. The van der Waals surface area contributed by atoms with Crippen LogP contribution in [0.15, 0.2) is 41.8 Å². The van der Waals surface area contributed by atoms with Crippen molar-refractivity contribution in [3.8, 4) is 5.75 Å². The number of nitrogens with zero attached hydrogens (tertiary/aromatic N) is 3. The van der Waals surface area contributed by atoms with Crippen LogP contribution in [0.5, 0.6) is 5.75 Å². The fraction of sp³-hybridized carbons (Fsp3) is 0.474. The Balaban J connectivity index is 1.63. The van der Waals surface area contributed by atoms with Gasteiger partial charge in [0.25, 0.3) is 10.0 Å².